The molecule has 1 saturated heterocycles. The summed E-state index contributed by atoms with van der Waals surface area (Å²) >= 11 is 0. The highest BCUT2D eigenvalue weighted by molar-refractivity contribution is 6.08. The Morgan fingerprint density at radius 2 is 2.35 bits per heavy atom. The lowest BCUT2D eigenvalue weighted by molar-refractivity contribution is 0.104. The Kier molecular flexibility index (Phi) is 1.37. The van der Waals surface area contributed by atoms with E-state index in [0.29, 0.717) is 11.5 Å². The molecule has 2 fully saturated rings. The number of benzene rings is 1. The second-order valence-electron chi connectivity index (χ2n) is 5.05. The number of ketones is 1. The molecule has 1 aromatic rings. The van der Waals surface area contributed by atoms with Gasteiger partial charge in [-0.05, 0) is 36.1 Å². The van der Waals surface area contributed by atoms with Crippen LogP contribution >= 0.6 is 0 Å². The van der Waals surface area contributed by atoms with Crippen LogP contribution in [0.3, 0.4) is 0 Å². The molecule has 3 heteroatoms. The van der Waals surface area contributed by atoms with E-state index in [1.54, 1.807) is 18.2 Å². The number of hydrogen-bond donors (Lipinski definition) is 1. The van der Waals surface area contributed by atoms with Crippen molar-refractivity contribution in [2.24, 2.45) is 5.92 Å². The Morgan fingerprint density at radius 3 is 3.12 bits per heavy atom. The molecule has 3 aliphatic rings. The third kappa shape index (κ3) is 0.898. The summed E-state index contributed by atoms with van der Waals surface area (Å²) in [5.41, 5.74) is 3.59. The van der Waals surface area contributed by atoms with E-state index >= 15 is 0 Å². The molecule has 3 nitrogen and oxygen atoms in total. The predicted octanol–water partition coefficient (Wildman–Crippen LogP) is 1.50. The molecular formula is C14H10N2O. The summed E-state index contributed by atoms with van der Waals surface area (Å²) in [5, 5.41) is 12.3. The normalized spacial score (nSPS) is 31.6. The van der Waals surface area contributed by atoms with E-state index in [2.05, 4.69) is 11.4 Å². The predicted molar refractivity (Wildman–Crippen MR) is 61.4 cm³/mol. The Labute approximate surface area is 98.7 Å². The zero-order valence-electron chi connectivity index (χ0n) is 9.16. The van der Waals surface area contributed by atoms with E-state index in [1.807, 2.05) is 6.07 Å². The highest BCUT2D eigenvalue weighted by atomic mass is 16.1. The number of fused-ring (bicyclic) bond motifs is 1. The lowest BCUT2D eigenvalue weighted by atomic mass is 9.81. The van der Waals surface area contributed by atoms with Gasteiger partial charge in [-0.25, -0.2) is 0 Å². The molecule has 1 aliphatic heterocycles. The molecule has 82 valence electrons. The van der Waals surface area contributed by atoms with Crippen LogP contribution in [0, 0.1) is 17.2 Å². The van der Waals surface area contributed by atoms with Crippen molar-refractivity contribution in [1.82, 2.24) is 5.32 Å². The molecule has 1 N–H and O–H groups in total. The minimum atomic E-state index is 0.0378. The van der Waals surface area contributed by atoms with Crippen LogP contribution in [-0.4, -0.2) is 12.3 Å². The average Bonchev–Trinajstić information content (AvgIpc) is 2.98. The highest BCUT2D eigenvalue weighted by Gasteiger charge is 2.63. The quantitative estimate of drug-likeness (QED) is 0.723. The zero-order chi connectivity index (χ0) is 11.6. The van der Waals surface area contributed by atoms with Crippen molar-refractivity contribution in [2.45, 2.75) is 11.8 Å². The number of carbonyl (C=O) groups is 1. The van der Waals surface area contributed by atoms with Gasteiger partial charge >= 0.3 is 0 Å². The Hall–Kier alpha value is -2.08. The second-order valence-corrected chi connectivity index (χ2v) is 5.05. The topological polar surface area (TPSA) is 52.9 Å². The number of nitrogens with zero attached hydrogens (tertiary/aromatic N) is 1. The van der Waals surface area contributed by atoms with Gasteiger partial charge < -0.3 is 5.32 Å². The summed E-state index contributed by atoms with van der Waals surface area (Å²) < 4.78 is 0. The van der Waals surface area contributed by atoms with Gasteiger partial charge in [0, 0.05) is 29.3 Å². The minimum Gasteiger partial charge on any atom is -0.387 e. The van der Waals surface area contributed by atoms with Crippen LogP contribution in [0.25, 0.3) is 0 Å². The van der Waals surface area contributed by atoms with Crippen molar-refractivity contribution in [3.63, 3.8) is 0 Å². The monoisotopic (exact) mass is 222 g/mol. The number of carbonyl (C=O) groups excluding carboxylic acids is 1. The van der Waals surface area contributed by atoms with Crippen molar-refractivity contribution >= 4 is 5.78 Å². The molecule has 17 heavy (non-hydrogen) atoms. The van der Waals surface area contributed by atoms with Gasteiger partial charge in [0.2, 0.25) is 0 Å². The maximum Gasteiger partial charge on any atom is 0.187 e. The first-order valence-corrected chi connectivity index (χ1v) is 5.81. The molecule has 1 spiro atoms. The SMILES string of the molecule is N#Cc1ccc2c(c1)C13CC1CNC3=CC2=O. The van der Waals surface area contributed by atoms with E-state index in [1.165, 1.54) is 0 Å². The van der Waals surface area contributed by atoms with Crippen LogP contribution in [0.1, 0.15) is 27.9 Å². The summed E-state index contributed by atoms with van der Waals surface area (Å²) in [5.74, 6) is 0.666. The Balaban J connectivity index is 2.02. The molecule has 4 rings (SSSR count). The third-order valence-electron chi connectivity index (χ3n) is 4.29. The first-order valence-electron chi connectivity index (χ1n) is 5.81. The maximum atomic E-state index is 12.0. The number of rotatable bonds is 0. The fraction of sp³-hybridized carbons (Fsp3) is 0.286. The van der Waals surface area contributed by atoms with Crippen molar-refractivity contribution in [1.29, 1.82) is 5.26 Å². The van der Waals surface area contributed by atoms with E-state index in [9.17, 15) is 4.79 Å². The van der Waals surface area contributed by atoms with Gasteiger partial charge in [-0.3, -0.25) is 4.79 Å². The fourth-order valence-electron chi connectivity index (χ4n) is 3.36. The highest BCUT2D eigenvalue weighted by Crippen LogP contribution is 2.63. The molecule has 1 aromatic carbocycles. The number of nitriles is 1. The van der Waals surface area contributed by atoms with Crippen LogP contribution in [0.2, 0.25) is 0 Å². The van der Waals surface area contributed by atoms with Gasteiger partial charge in [-0.1, -0.05) is 0 Å². The first kappa shape index (κ1) is 9.00. The maximum absolute atomic E-state index is 12.0. The third-order valence-corrected chi connectivity index (χ3v) is 4.29. The van der Waals surface area contributed by atoms with Crippen LogP contribution in [0.15, 0.2) is 30.0 Å². The number of allylic oxidation sites excluding steroid dienone is 2. The van der Waals surface area contributed by atoms with Gasteiger partial charge in [0.1, 0.15) is 0 Å². The smallest absolute Gasteiger partial charge is 0.187 e. The van der Waals surface area contributed by atoms with Crippen molar-refractivity contribution in [3.8, 4) is 6.07 Å². The van der Waals surface area contributed by atoms with E-state index < -0.39 is 0 Å². The first-order chi connectivity index (χ1) is 8.25. The zero-order valence-corrected chi connectivity index (χ0v) is 9.16. The molecular weight excluding hydrogens is 212 g/mol. The van der Waals surface area contributed by atoms with Gasteiger partial charge in [-0.2, -0.15) is 5.26 Å². The molecule has 2 atom stereocenters. The number of piperidine rings is 1. The number of nitrogens with one attached hydrogen (secondary N) is 1. The van der Waals surface area contributed by atoms with Crippen LogP contribution in [0.5, 0.6) is 0 Å². The van der Waals surface area contributed by atoms with E-state index in [-0.39, 0.29) is 11.2 Å². The molecule has 0 amide bonds. The fourth-order valence-corrected chi connectivity index (χ4v) is 3.36. The van der Waals surface area contributed by atoms with Gasteiger partial charge in [0.05, 0.1) is 11.6 Å². The summed E-state index contributed by atoms with van der Waals surface area (Å²) in [7, 11) is 0. The summed E-state index contributed by atoms with van der Waals surface area (Å²) in [6.45, 7) is 0.954. The molecule has 0 bridgehead atoms. The standard InChI is InChI=1S/C14H10N2O/c15-6-8-1-2-10-11(3-8)14-5-9(14)7-16-13(14)4-12(10)17/h1-4,9,16H,5,7H2. The van der Waals surface area contributed by atoms with E-state index in [0.717, 1.165) is 29.8 Å². The number of hydrogen-bond acceptors (Lipinski definition) is 3. The van der Waals surface area contributed by atoms with Crippen LogP contribution < -0.4 is 5.32 Å². The largest absolute Gasteiger partial charge is 0.387 e. The average molecular weight is 222 g/mol. The Bertz CT molecular complexity index is 638. The molecule has 0 radical (unpaired) electrons. The lowest BCUT2D eigenvalue weighted by Gasteiger charge is -2.23. The summed E-state index contributed by atoms with van der Waals surface area (Å²) in [6.07, 6.45) is 2.85. The van der Waals surface area contributed by atoms with Crippen molar-refractivity contribution in [3.05, 3.63) is 46.7 Å². The minimum absolute atomic E-state index is 0.0378. The molecule has 0 aromatic heterocycles. The molecule has 1 saturated carbocycles. The second kappa shape index (κ2) is 2.60. The van der Waals surface area contributed by atoms with Crippen molar-refractivity contribution in [2.75, 3.05) is 6.54 Å². The van der Waals surface area contributed by atoms with Gasteiger partial charge in [0.15, 0.2) is 5.78 Å². The molecule has 2 unspecified atom stereocenters. The summed E-state index contributed by atoms with van der Waals surface area (Å²) in [6, 6.07) is 7.58. The molecule has 1 heterocycles. The van der Waals surface area contributed by atoms with Crippen LogP contribution in [-0.2, 0) is 5.41 Å². The van der Waals surface area contributed by atoms with Gasteiger partial charge in [-0.15, -0.1) is 0 Å². The Morgan fingerprint density at radius 1 is 1.47 bits per heavy atom. The van der Waals surface area contributed by atoms with Gasteiger partial charge in [0.25, 0.3) is 0 Å². The lowest BCUT2D eigenvalue weighted by Crippen LogP contribution is -2.25. The summed E-state index contributed by atoms with van der Waals surface area (Å²) in [4.78, 5) is 12.0. The molecule has 2 aliphatic carbocycles. The van der Waals surface area contributed by atoms with E-state index in [4.69, 9.17) is 5.26 Å². The van der Waals surface area contributed by atoms with Crippen molar-refractivity contribution < 1.29 is 4.79 Å². The van der Waals surface area contributed by atoms with Crippen LogP contribution in [0.4, 0.5) is 0 Å².